The normalized spacial score (nSPS) is 23.2. The van der Waals surface area contributed by atoms with Crippen LogP contribution in [0.4, 0.5) is 0 Å². The van der Waals surface area contributed by atoms with Gasteiger partial charge in [-0.2, -0.15) is 0 Å². The lowest BCUT2D eigenvalue weighted by atomic mass is 9.80. The number of hydrogen-bond donors (Lipinski definition) is 0. The van der Waals surface area contributed by atoms with Crippen LogP contribution in [0.2, 0.25) is 5.02 Å². The third-order valence-electron chi connectivity index (χ3n) is 6.54. The van der Waals surface area contributed by atoms with Crippen LogP contribution in [0.3, 0.4) is 0 Å². The molecular formula is C27H27ClN2O2. The van der Waals surface area contributed by atoms with Gasteiger partial charge in [-0.3, -0.25) is 4.79 Å². The summed E-state index contributed by atoms with van der Waals surface area (Å²) in [4.78, 5) is 14.0. The van der Waals surface area contributed by atoms with Gasteiger partial charge in [0.2, 0.25) is 0 Å². The second-order valence-electron chi connectivity index (χ2n) is 8.35. The molecule has 3 aromatic rings. The van der Waals surface area contributed by atoms with E-state index in [4.69, 9.17) is 16.3 Å². The highest BCUT2D eigenvalue weighted by Crippen LogP contribution is 2.53. The molecule has 0 spiro atoms. The first-order valence-corrected chi connectivity index (χ1v) is 11.7. The molecule has 4 nitrogen and oxygen atoms in total. The van der Waals surface area contributed by atoms with Crippen LogP contribution in [0.15, 0.2) is 78.9 Å². The average molecular weight is 447 g/mol. The topological polar surface area (TPSA) is 32.8 Å². The Morgan fingerprint density at radius 2 is 1.56 bits per heavy atom. The van der Waals surface area contributed by atoms with Gasteiger partial charge in [-0.1, -0.05) is 72.3 Å². The number of ether oxygens (including phenoxy) is 1. The van der Waals surface area contributed by atoms with Gasteiger partial charge in [-0.15, -0.1) is 0 Å². The van der Waals surface area contributed by atoms with Crippen LogP contribution < -0.4 is 4.74 Å². The molecule has 2 aliphatic heterocycles. The maximum atomic E-state index is 14.0. The predicted octanol–water partition coefficient (Wildman–Crippen LogP) is 5.96. The molecule has 2 aliphatic rings. The molecule has 0 aromatic heterocycles. The lowest BCUT2D eigenvalue weighted by Crippen LogP contribution is -2.32. The van der Waals surface area contributed by atoms with Crippen molar-refractivity contribution < 1.29 is 9.53 Å². The van der Waals surface area contributed by atoms with Gasteiger partial charge in [0.25, 0.3) is 0 Å². The second-order valence-corrected chi connectivity index (χ2v) is 8.76. The van der Waals surface area contributed by atoms with Crippen molar-refractivity contribution in [3.63, 3.8) is 0 Å². The number of halogens is 1. The van der Waals surface area contributed by atoms with E-state index in [0.29, 0.717) is 11.6 Å². The van der Waals surface area contributed by atoms with Crippen LogP contribution in [0.5, 0.6) is 5.75 Å². The van der Waals surface area contributed by atoms with Crippen molar-refractivity contribution >= 4 is 17.4 Å². The van der Waals surface area contributed by atoms with E-state index in [1.807, 2.05) is 67.6 Å². The summed E-state index contributed by atoms with van der Waals surface area (Å²) >= 11 is 6.69. The molecule has 0 saturated carbocycles. The zero-order valence-corrected chi connectivity index (χ0v) is 18.9. The molecule has 0 radical (unpaired) electrons. The van der Waals surface area contributed by atoms with Crippen molar-refractivity contribution in [2.75, 3.05) is 19.7 Å². The maximum Gasteiger partial charge on any atom is 0.169 e. The molecule has 5 heteroatoms. The quantitative estimate of drug-likeness (QED) is 0.437. The van der Waals surface area contributed by atoms with Crippen LogP contribution >= 0.6 is 11.6 Å². The SMILES string of the molecule is CCOc1ccc([C@H]2[C@H](C(=O)c3ccccc3)[C@@H](c3ccccc3Cl)N3CCCN23)cc1. The van der Waals surface area contributed by atoms with Crippen molar-refractivity contribution in [2.45, 2.75) is 25.4 Å². The third-order valence-corrected chi connectivity index (χ3v) is 6.89. The molecule has 32 heavy (non-hydrogen) atoms. The van der Waals surface area contributed by atoms with Crippen molar-refractivity contribution in [1.82, 2.24) is 10.0 Å². The molecular weight excluding hydrogens is 420 g/mol. The Bertz CT molecular complexity index is 1090. The van der Waals surface area contributed by atoms with E-state index in [2.05, 4.69) is 28.2 Å². The first-order chi connectivity index (χ1) is 15.7. The lowest BCUT2D eigenvalue weighted by Gasteiger charge is -2.27. The van der Waals surface area contributed by atoms with E-state index in [1.54, 1.807) is 0 Å². The van der Waals surface area contributed by atoms with E-state index in [0.717, 1.165) is 42.0 Å². The molecule has 3 aromatic carbocycles. The summed E-state index contributed by atoms with van der Waals surface area (Å²) in [6.45, 7) is 4.46. The van der Waals surface area contributed by atoms with Gasteiger partial charge in [0, 0.05) is 23.7 Å². The predicted molar refractivity (Wildman–Crippen MR) is 127 cm³/mol. The minimum Gasteiger partial charge on any atom is -0.494 e. The van der Waals surface area contributed by atoms with E-state index in [-0.39, 0.29) is 23.8 Å². The van der Waals surface area contributed by atoms with Crippen molar-refractivity contribution in [1.29, 1.82) is 0 Å². The van der Waals surface area contributed by atoms with Gasteiger partial charge in [-0.05, 0) is 42.7 Å². The molecule has 2 heterocycles. The Morgan fingerprint density at radius 1 is 0.906 bits per heavy atom. The van der Waals surface area contributed by atoms with Crippen molar-refractivity contribution in [3.8, 4) is 5.75 Å². The Balaban J connectivity index is 1.63. The minimum atomic E-state index is -0.268. The fourth-order valence-corrected chi connectivity index (χ4v) is 5.50. The second kappa shape index (κ2) is 9.07. The number of rotatable bonds is 6. The van der Waals surface area contributed by atoms with E-state index in [1.165, 1.54) is 0 Å². The van der Waals surface area contributed by atoms with E-state index < -0.39 is 0 Å². The average Bonchev–Trinajstić information content (AvgIpc) is 3.41. The van der Waals surface area contributed by atoms with Gasteiger partial charge in [0.1, 0.15) is 5.75 Å². The lowest BCUT2D eigenvalue weighted by molar-refractivity contribution is 0.0253. The number of fused-ring (bicyclic) bond motifs is 1. The van der Waals surface area contributed by atoms with Gasteiger partial charge in [0.15, 0.2) is 5.78 Å². The zero-order valence-electron chi connectivity index (χ0n) is 18.2. The number of benzene rings is 3. The van der Waals surface area contributed by atoms with E-state index >= 15 is 0 Å². The monoisotopic (exact) mass is 446 g/mol. The summed E-state index contributed by atoms with van der Waals surface area (Å²) < 4.78 is 5.65. The van der Waals surface area contributed by atoms with Gasteiger partial charge < -0.3 is 4.74 Å². The minimum absolute atomic E-state index is 0.0536. The number of hydrazine groups is 1. The van der Waals surface area contributed by atoms with Crippen molar-refractivity contribution in [2.24, 2.45) is 5.92 Å². The van der Waals surface area contributed by atoms with Crippen LogP contribution in [0.1, 0.15) is 46.9 Å². The smallest absolute Gasteiger partial charge is 0.169 e. The first kappa shape index (κ1) is 21.2. The van der Waals surface area contributed by atoms with Crippen LogP contribution in [0.25, 0.3) is 0 Å². The number of carbonyl (C=O) groups excluding carboxylic acids is 1. The fraction of sp³-hybridized carbons (Fsp3) is 0.296. The Hall–Kier alpha value is -2.66. The standard InChI is InChI=1S/C27H27ClN2O2/c1-2-32-21-15-13-19(14-16-21)25-24(27(31)20-9-4-3-5-10-20)26(30-18-8-17-29(25)30)22-11-6-7-12-23(22)28/h3-7,9-16,24-26H,2,8,17-18H2,1H3/t24-,25-,26+/m0/s1. The molecule has 0 aliphatic carbocycles. The van der Waals surface area contributed by atoms with E-state index in [9.17, 15) is 4.79 Å². The summed E-state index contributed by atoms with van der Waals surface area (Å²) in [5, 5.41) is 5.46. The molecule has 0 unspecified atom stereocenters. The van der Waals surface area contributed by atoms with Crippen molar-refractivity contribution in [3.05, 3.63) is 101 Å². The summed E-state index contributed by atoms with van der Waals surface area (Å²) in [5.41, 5.74) is 2.89. The van der Waals surface area contributed by atoms with Gasteiger partial charge >= 0.3 is 0 Å². The number of hydrogen-bond acceptors (Lipinski definition) is 4. The first-order valence-electron chi connectivity index (χ1n) is 11.3. The molecule has 0 amide bonds. The van der Waals surface area contributed by atoms with Crippen LogP contribution in [-0.2, 0) is 0 Å². The van der Waals surface area contributed by atoms with Gasteiger partial charge in [0.05, 0.1) is 24.6 Å². The summed E-state index contributed by atoms with van der Waals surface area (Å²) in [5.74, 6) is 0.737. The molecule has 0 N–H and O–H groups in total. The van der Waals surface area contributed by atoms with Gasteiger partial charge in [-0.25, -0.2) is 10.0 Å². The Labute approximate surface area is 194 Å². The molecule has 2 saturated heterocycles. The van der Waals surface area contributed by atoms with Crippen LogP contribution in [0, 0.1) is 5.92 Å². The molecule has 2 fully saturated rings. The third kappa shape index (κ3) is 3.73. The summed E-state index contributed by atoms with van der Waals surface area (Å²) in [6.07, 6.45) is 1.07. The largest absolute Gasteiger partial charge is 0.494 e. The molecule has 0 bridgehead atoms. The number of Topliss-reactive ketones (excluding diaryl/α,β-unsaturated/α-hetero) is 1. The summed E-state index contributed by atoms with van der Waals surface area (Å²) in [7, 11) is 0. The number of carbonyl (C=O) groups is 1. The fourth-order valence-electron chi connectivity index (χ4n) is 5.25. The highest BCUT2D eigenvalue weighted by atomic mass is 35.5. The number of nitrogens with zero attached hydrogens (tertiary/aromatic N) is 2. The maximum absolute atomic E-state index is 14.0. The highest BCUT2D eigenvalue weighted by Gasteiger charge is 2.53. The Kier molecular flexibility index (Phi) is 6.01. The number of ketones is 1. The Morgan fingerprint density at radius 3 is 2.25 bits per heavy atom. The molecule has 3 atom stereocenters. The molecule has 164 valence electrons. The highest BCUT2D eigenvalue weighted by molar-refractivity contribution is 6.31. The van der Waals surface area contributed by atoms with Crippen LogP contribution in [-0.4, -0.2) is 35.5 Å². The molecule has 5 rings (SSSR count). The zero-order chi connectivity index (χ0) is 22.1. The summed E-state index contributed by atoms with van der Waals surface area (Å²) in [6, 6.07) is 25.6.